The van der Waals surface area contributed by atoms with Crippen molar-refractivity contribution in [3.05, 3.63) is 76.3 Å². The fraction of sp³-hybridized carbons (Fsp3) is 0.407. The van der Waals surface area contributed by atoms with Gasteiger partial charge in [-0.2, -0.15) is 0 Å². The van der Waals surface area contributed by atoms with Gasteiger partial charge in [-0.3, -0.25) is 9.88 Å². The fourth-order valence-electron chi connectivity index (χ4n) is 5.35. The van der Waals surface area contributed by atoms with Crippen LogP contribution in [0.5, 0.6) is 5.75 Å². The molecule has 5 rings (SSSR count). The average Bonchev–Trinajstić information content (AvgIpc) is 3.38. The van der Waals surface area contributed by atoms with Crippen molar-refractivity contribution >= 4 is 28.9 Å². The maximum atomic E-state index is 6.40. The van der Waals surface area contributed by atoms with Gasteiger partial charge in [-0.1, -0.05) is 17.7 Å². The predicted octanol–water partition coefficient (Wildman–Crippen LogP) is 4.46. The van der Waals surface area contributed by atoms with Crippen LogP contribution >= 0.6 is 23.8 Å². The number of morpholine rings is 1. The van der Waals surface area contributed by atoms with Gasteiger partial charge < -0.3 is 24.3 Å². The molecular weight excluding hydrogens is 494 g/mol. The minimum absolute atomic E-state index is 0.00132. The van der Waals surface area contributed by atoms with Crippen LogP contribution in [0.25, 0.3) is 5.69 Å². The normalized spacial score (nSPS) is 20.6. The van der Waals surface area contributed by atoms with Gasteiger partial charge in [-0.05, 0) is 68.0 Å². The molecule has 2 aliphatic heterocycles. The first-order valence-electron chi connectivity index (χ1n) is 12.3. The van der Waals surface area contributed by atoms with Crippen molar-refractivity contribution in [2.24, 2.45) is 0 Å². The molecule has 190 valence electrons. The molecule has 1 N–H and O–H groups in total. The van der Waals surface area contributed by atoms with Crippen LogP contribution in [0.4, 0.5) is 0 Å². The zero-order valence-electron chi connectivity index (χ0n) is 20.9. The van der Waals surface area contributed by atoms with E-state index in [9.17, 15) is 0 Å². The zero-order valence-corrected chi connectivity index (χ0v) is 22.5. The average molecular weight is 526 g/mol. The molecule has 36 heavy (non-hydrogen) atoms. The molecule has 1 aromatic carbocycles. The second-order valence-corrected chi connectivity index (χ2v) is 10.1. The highest BCUT2D eigenvalue weighted by Gasteiger charge is 2.41. The van der Waals surface area contributed by atoms with Gasteiger partial charge in [0.15, 0.2) is 5.11 Å². The smallest absolute Gasteiger partial charge is 0.170 e. The highest BCUT2D eigenvalue weighted by atomic mass is 35.5. The Morgan fingerprint density at radius 1 is 1.14 bits per heavy atom. The number of nitrogens with one attached hydrogen (secondary N) is 1. The SMILES string of the molecule is COc1ccc(Cl)cc1-n1c(C)cc(C2C(c3ccccn3)NC(=S)N2CCN2CCOCC2)c1C. The van der Waals surface area contributed by atoms with Crippen LogP contribution in [0, 0.1) is 13.8 Å². The van der Waals surface area contributed by atoms with Gasteiger partial charge in [0.25, 0.3) is 0 Å². The van der Waals surface area contributed by atoms with E-state index in [0.717, 1.165) is 73.0 Å². The summed E-state index contributed by atoms with van der Waals surface area (Å²) in [7, 11) is 1.69. The van der Waals surface area contributed by atoms with Crippen LogP contribution in [0.1, 0.15) is 34.7 Å². The molecule has 2 aromatic heterocycles. The topological polar surface area (TPSA) is 54.8 Å². The molecule has 0 radical (unpaired) electrons. The summed E-state index contributed by atoms with van der Waals surface area (Å²) in [5.74, 6) is 0.776. The van der Waals surface area contributed by atoms with E-state index in [0.29, 0.717) is 5.02 Å². The standard InChI is InChI=1S/C27H32ClN5O2S/c1-18-16-21(19(2)33(18)23-17-20(28)7-8-24(23)34-3)26-25(22-6-4-5-9-29-22)30-27(36)32(26)11-10-31-12-14-35-15-13-31/h4-9,16-17,25-26H,10-15H2,1-3H3,(H,30,36). The molecule has 0 bridgehead atoms. The number of halogens is 1. The molecule has 2 saturated heterocycles. The lowest BCUT2D eigenvalue weighted by molar-refractivity contribution is 0.0350. The summed E-state index contributed by atoms with van der Waals surface area (Å²) in [5.41, 5.74) is 5.34. The monoisotopic (exact) mass is 525 g/mol. The Morgan fingerprint density at radius 2 is 1.94 bits per heavy atom. The molecule has 2 aliphatic rings. The third kappa shape index (κ3) is 4.83. The van der Waals surface area contributed by atoms with Crippen LogP contribution in [0.2, 0.25) is 5.02 Å². The van der Waals surface area contributed by atoms with Crippen LogP contribution in [0.15, 0.2) is 48.7 Å². The first kappa shape index (κ1) is 25.0. The number of aryl methyl sites for hydroxylation is 1. The van der Waals surface area contributed by atoms with Gasteiger partial charge in [0.2, 0.25) is 0 Å². The molecule has 9 heteroatoms. The molecule has 0 saturated carbocycles. The van der Waals surface area contributed by atoms with Crippen LogP contribution < -0.4 is 10.1 Å². The summed E-state index contributed by atoms with van der Waals surface area (Å²) in [5, 5.41) is 5.01. The van der Waals surface area contributed by atoms with Crippen molar-refractivity contribution in [1.29, 1.82) is 0 Å². The minimum atomic E-state index is -0.0569. The van der Waals surface area contributed by atoms with Crippen LogP contribution in [-0.4, -0.2) is 71.0 Å². The van der Waals surface area contributed by atoms with Crippen molar-refractivity contribution in [2.75, 3.05) is 46.5 Å². The lowest BCUT2D eigenvalue weighted by atomic mass is 9.96. The number of benzene rings is 1. The largest absolute Gasteiger partial charge is 0.495 e. The Labute approximate surface area is 223 Å². The number of ether oxygens (including phenoxy) is 2. The van der Waals surface area contributed by atoms with Crippen LogP contribution in [-0.2, 0) is 4.74 Å². The predicted molar refractivity (Wildman–Crippen MR) is 146 cm³/mol. The number of rotatable bonds is 7. The third-order valence-electron chi connectivity index (χ3n) is 7.13. The maximum absolute atomic E-state index is 6.40. The highest BCUT2D eigenvalue weighted by Crippen LogP contribution is 2.42. The van der Waals surface area contributed by atoms with E-state index in [1.165, 1.54) is 5.56 Å². The Hall–Kier alpha value is -2.65. The Bertz CT molecular complexity index is 1230. The van der Waals surface area contributed by atoms with E-state index in [-0.39, 0.29) is 12.1 Å². The molecule has 0 aliphatic carbocycles. The lowest BCUT2D eigenvalue weighted by Crippen LogP contribution is -2.42. The number of pyridine rings is 1. The number of methoxy groups -OCH3 is 1. The first-order chi connectivity index (χ1) is 17.5. The van der Waals surface area contributed by atoms with E-state index in [1.807, 2.05) is 36.5 Å². The molecule has 2 atom stereocenters. The second-order valence-electron chi connectivity index (χ2n) is 9.25. The molecule has 2 fully saturated rings. The fourth-order valence-corrected chi connectivity index (χ4v) is 5.85. The van der Waals surface area contributed by atoms with E-state index < -0.39 is 0 Å². The van der Waals surface area contributed by atoms with Gasteiger partial charge >= 0.3 is 0 Å². The Balaban J connectivity index is 1.55. The first-order valence-corrected chi connectivity index (χ1v) is 13.1. The molecule has 4 heterocycles. The van der Waals surface area contributed by atoms with Crippen LogP contribution in [0.3, 0.4) is 0 Å². The van der Waals surface area contributed by atoms with Gasteiger partial charge in [0.1, 0.15) is 5.75 Å². The summed E-state index contributed by atoms with van der Waals surface area (Å²) in [6.07, 6.45) is 1.84. The zero-order chi connectivity index (χ0) is 25.2. The van der Waals surface area contributed by atoms with E-state index in [4.69, 9.17) is 38.3 Å². The second kappa shape index (κ2) is 10.8. The number of nitrogens with zero attached hydrogens (tertiary/aromatic N) is 4. The van der Waals surface area contributed by atoms with Gasteiger partial charge in [0, 0.05) is 48.8 Å². The molecule has 7 nitrogen and oxygen atoms in total. The summed E-state index contributed by atoms with van der Waals surface area (Å²) in [6, 6.07) is 14.0. The van der Waals surface area contributed by atoms with Gasteiger partial charge in [-0.25, -0.2) is 0 Å². The van der Waals surface area contributed by atoms with Crippen molar-refractivity contribution < 1.29 is 9.47 Å². The van der Waals surface area contributed by atoms with E-state index in [1.54, 1.807) is 7.11 Å². The number of hydrogen-bond donors (Lipinski definition) is 1. The van der Waals surface area contributed by atoms with Crippen molar-refractivity contribution in [2.45, 2.75) is 25.9 Å². The quantitative estimate of drug-likeness (QED) is 0.457. The number of thiocarbonyl (C=S) groups is 1. The molecular formula is C27H32ClN5O2S. The van der Waals surface area contributed by atoms with Gasteiger partial charge in [0.05, 0.1) is 43.8 Å². The third-order valence-corrected chi connectivity index (χ3v) is 7.72. The molecule has 0 amide bonds. The highest BCUT2D eigenvalue weighted by molar-refractivity contribution is 7.80. The van der Waals surface area contributed by atoms with Crippen molar-refractivity contribution in [1.82, 2.24) is 24.7 Å². The summed E-state index contributed by atoms with van der Waals surface area (Å²) in [4.78, 5) is 9.46. The molecule has 0 spiro atoms. The summed E-state index contributed by atoms with van der Waals surface area (Å²) >= 11 is 12.3. The minimum Gasteiger partial charge on any atom is -0.495 e. The van der Waals surface area contributed by atoms with Gasteiger partial charge in [-0.15, -0.1) is 0 Å². The van der Waals surface area contributed by atoms with Crippen molar-refractivity contribution in [3.63, 3.8) is 0 Å². The number of aromatic nitrogens is 2. The maximum Gasteiger partial charge on any atom is 0.170 e. The lowest BCUT2D eigenvalue weighted by Gasteiger charge is -2.32. The molecule has 3 aromatic rings. The number of hydrogen-bond acceptors (Lipinski definition) is 5. The van der Waals surface area contributed by atoms with Crippen molar-refractivity contribution in [3.8, 4) is 11.4 Å². The van der Waals surface area contributed by atoms with E-state index >= 15 is 0 Å². The molecule has 2 unspecified atom stereocenters. The van der Waals surface area contributed by atoms with E-state index in [2.05, 4.69) is 45.7 Å². The Morgan fingerprint density at radius 3 is 2.67 bits per heavy atom. The Kier molecular flexibility index (Phi) is 7.48. The summed E-state index contributed by atoms with van der Waals surface area (Å²) < 4.78 is 13.4. The summed E-state index contributed by atoms with van der Waals surface area (Å²) in [6.45, 7) is 9.49.